The van der Waals surface area contributed by atoms with E-state index in [0.29, 0.717) is 19.5 Å². The Morgan fingerprint density at radius 1 is 1.35 bits per heavy atom. The highest BCUT2D eigenvalue weighted by molar-refractivity contribution is 5.83. The summed E-state index contributed by atoms with van der Waals surface area (Å²) in [5.74, 6) is -0.424. The smallest absolute Gasteiger partial charge is 0.334 e. The molecule has 0 bridgehead atoms. The number of nitrogens with zero attached hydrogens (tertiary/aromatic N) is 1. The Morgan fingerprint density at radius 2 is 1.95 bits per heavy atom. The van der Waals surface area contributed by atoms with Crippen molar-refractivity contribution in [1.82, 2.24) is 4.90 Å². The van der Waals surface area contributed by atoms with Crippen LogP contribution in [0.15, 0.2) is 30.3 Å². The second kappa shape index (κ2) is 6.63. The van der Waals surface area contributed by atoms with Gasteiger partial charge in [-0.1, -0.05) is 30.3 Å². The maximum absolute atomic E-state index is 12.2. The maximum Gasteiger partial charge on any atom is 0.334 e. The first-order valence-corrected chi connectivity index (χ1v) is 6.75. The molecule has 20 heavy (non-hydrogen) atoms. The number of rotatable bonds is 4. The molecule has 0 spiro atoms. The molecule has 0 radical (unpaired) electrons. The molecule has 1 N–H and O–H groups in total. The van der Waals surface area contributed by atoms with Gasteiger partial charge in [0.05, 0.1) is 12.2 Å². The zero-order valence-electron chi connectivity index (χ0n) is 11.8. The van der Waals surface area contributed by atoms with Crippen molar-refractivity contribution in [3.63, 3.8) is 0 Å². The Kier molecular flexibility index (Phi) is 4.87. The number of hydrogen-bond acceptors (Lipinski definition) is 5. The van der Waals surface area contributed by atoms with Gasteiger partial charge in [0, 0.05) is 13.1 Å². The highest BCUT2D eigenvalue weighted by Crippen LogP contribution is 2.26. The van der Waals surface area contributed by atoms with Crippen LogP contribution in [0, 0.1) is 5.41 Å². The standard InChI is InChI=1S/C15H20N2O3/c1-11-8-17(9-12(2)20-11)14(15(18)19-10-16)13-6-4-3-5-7-13/h3-7,10-12,14,16H,8-9H2,1-2H3. The van der Waals surface area contributed by atoms with Crippen molar-refractivity contribution < 1.29 is 14.3 Å². The van der Waals surface area contributed by atoms with Gasteiger partial charge in [-0.25, -0.2) is 4.79 Å². The van der Waals surface area contributed by atoms with Gasteiger partial charge in [0.25, 0.3) is 0 Å². The van der Waals surface area contributed by atoms with Crippen LogP contribution in [0.1, 0.15) is 25.5 Å². The van der Waals surface area contributed by atoms with Crippen LogP contribution < -0.4 is 0 Å². The van der Waals surface area contributed by atoms with Gasteiger partial charge in [0.15, 0.2) is 6.40 Å². The number of esters is 1. The zero-order chi connectivity index (χ0) is 14.5. The average molecular weight is 276 g/mol. The van der Waals surface area contributed by atoms with E-state index >= 15 is 0 Å². The summed E-state index contributed by atoms with van der Waals surface area (Å²) in [6, 6.07) is 9.02. The first-order valence-electron chi connectivity index (χ1n) is 6.75. The van der Waals surface area contributed by atoms with Gasteiger partial charge in [-0.15, -0.1) is 0 Å². The van der Waals surface area contributed by atoms with Crippen LogP contribution in [0.25, 0.3) is 0 Å². The van der Waals surface area contributed by atoms with Gasteiger partial charge < -0.3 is 9.47 Å². The molecule has 1 aromatic rings. The molecule has 1 fully saturated rings. The van der Waals surface area contributed by atoms with E-state index in [9.17, 15) is 4.79 Å². The molecule has 1 aliphatic rings. The quantitative estimate of drug-likeness (QED) is 0.519. The third kappa shape index (κ3) is 3.43. The minimum absolute atomic E-state index is 0.0674. The van der Waals surface area contributed by atoms with Gasteiger partial charge in [-0.05, 0) is 19.4 Å². The van der Waals surface area contributed by atoms with Crippen molar-refractivity contribution in [3.8, 4) is 0 Å². The van der Waals surface area contributed by atoms with E-state index in [1.807, 2.05) is 44.2 Å². The Bertz CT molecular complexity index is 453. The van der Waals surface area contributed by atoms with E-state index in [4.69, 9.17) is 14.9 Å². The molecule has 1 aliphatic heterocycles. The highest BCUT2D eigenvalue weighted by Gasteiger charge is 2.34. The van der Waals surface area contributed by atoms with Crippen molar-refractivity contribution >= 4 is 12.4 Å². The summed E-state index contributed by atoms with van der Waals surface area (Å²) >= 11 is 0. The lowest BCUT2D eigenvalue weighted by Crippen LogP contribution is -2.49. The van der Waals surface area contributed by atoms with Crippen molar-refractivity contribution in [2.45, 2.75) is 32.1 Å². The van der Waals surface area contributed by atoms with Crippen LogP contribution in [0.4, 0.5) is 0 Å². The second-order valence-electron chi connectivity index (χ2n) is 5.08. The maximum atomic E-state index is 12.2. The lowest BCUT2D eigenvalue weighted by Gasteiger charge is -2.39. The molecule has 0 aromatic heterocycles. The number of ether oxygens (including phenoxy) is 2. The number of morpholine rings is 1. The van der Waals surface area contributed by atoms with E-state index < -0.39 is 12.0 Å². The van der Waals surface area contributed by atoms with E-state index in [2.05, 4.69) is 4.90 Å². The van der Waals surface area contributed by atoms with E-state index in [-0.39, 0.29) is 12.2 Å². The van der Waals surface area contributed by atoms with Crippen molar-refractivity contribution in [3.05, 3.63) is 35.9 Å². The number of nitrogens with one attached hydrogen (secondary N) is 1. The Labute approximate surface area is 119 Å². The normalized spacial score (nSPS) is 24.9. The monoisotopic (exact) mass is 276 g/mol. The van der Waals surface area contributed by atoms with Gasteiger partial charge in [-0.2, -0.15) is 0 Å². The fourth-order valence-electron chi connectivity index (χ4n) is 2.68. The van der Waals surface area contributed by atoms with Crippen LogP contribution in [0.3, 0.4) is 0 Å². The lowest BCUT2D eigenvalue weighted by atomic mass is 10.0. The zero-order valence-corrected chi connectivity index (χ0v) is 11.8. The van der Waals surface area contributed by atoms with E-state index in [0.717, 1.165) is 5.56 Å². The Balaban J connectivity index is 2.26. The number of carbonyl (C=O) groups is 1. The predicted molar refractivity (Wildman–Crippen MR) is 75.6 cm³/mol. The summed E-state index contributed by atoms with van der Waals surface area (Å²) in [7, 11) is 0. The van der Waals surface area contributed by atoms with E-state index in [1.54, 1.807) is 0 Å². The lowest BCUT2D eigenvalue weighted by molar-refractivity contribution is -0.147. The summed E-state index contributed by atoms with van der Waals surface area (Å²) in [4.78, 5) is 14.3. The van der Waals surface area contributed by atoms with Gasteiger partial charge in [0.1, 0.15) is 6.04 Å². The molecule has 1 aromatic carbocycles. The van der Waals surface area contributed by atoms with Crippen LogP contribution in [-0.2, 0) is 14.3 Å². The van der Waals surface area contributed by atoms with Crippen molar-refractivity contribution in [2.24, 2.45) is 0 Å². The average Bonchev–Trinajstić information content (AvgIpc) is 2.39. The summed E-state index contributed by atoms with van der Waals surface area (Å²) in [6.07, 6.45) is 0.821. The first kappa shape index (κ1) is 14.7. The molecule has 2 rings (SSSR count). The molecule has 5 nitrogen and oxygen atoms in total. The van der Waals surface area contributed by atoms with Gasteiger partial charge in [0.2, 0.25) is 0 Å². The Morgan fingerprint density at radius 3 is 2.50 bits per heavy atom. The van der Waals surface area contributed by atoms with Crippen molar-refractivity contribution in [1.29, 1.82) is 5.41 Å². The molecule has 5 heteroatoms. The summed E-state index contributed by atoms with van der Waals surface area (Å²) in [5, 5.41) is 6.97. The number of carbonyl (C=O) groups excluding carboxylic acids is 1. The molecule has 0 saturated carbocycles. The van der Waals surface area contributed by atoms with Gasteiger partial charge in [-0.3, -0.25) is 10.3 Å². The molecule has 3 unspecified atom stereocenters. The fourth-order valence-corrected chi connectivity index (χ4v) is 2.68. The van der Waals surface area contributed by atoms with Crippen molar-refractivity contribution in [2.75, 3.05) is 13.1 Å². The number of benzene rings is 1. The largest absolute Gasteiger partial charge is 0.414 e. The third-order valence-electron chi connectivity index (χ3n) is 3.33. The molecule has 1 heterocycles. The fraction of sp³-hybridized carbons (Fsp3) is 0.467. The second-order valence-corrected chi connectivity index (χ2v) is 5.08. The minimum Gasteiger partial charge on any atom is -0.414 e. The number of hydrogen-bond donors (Lipinski definition) is 1. The topological polar surface area (TPSA) is 62.6 Å². The highest BCUT2D eigenvalue weighted by atomic mass is 16.5. The Hall–Kier alpha value is -1.72. The molecule has 0 amide bonds. The summed E-state index contributed by atoms with van der Waals surface area (Å²) in [5.41, 5.74) is 0.876. The summed E-state index contributed by atoms with van der Waals surface area (Å²) < 4.78 is 10.5. The molecule has 3 atom stereocenters. The summed E-state index contributed by atoms with van der Waals surface area (Å²) in [6.45, 7) is 5.31. The minimum atomic E-state index is -0.494. The molecule has 1 saturated heterocycles. The van der Waals surface area contributed by atoms with Crippen LogP contribution in [-0.4, -0.2) is 42.6 Å². The predicted octanol–water partition coefficient (Wildman–Crippen LogP) is 1.99. The SMILES string of the molecule is CC1CN(C(C(=O)OC=N)c2ccccc2)CC(C)O1. The molecular formula is C15H20N2O3. The third-order valence-corrected chi connectivity index (χ3v) is 3.33. The van der Waals surface area contributed by atoms with E-state index in [1.165, 1.54) is 0 Å². The van der Waals surface area contributed by atoms with Crippen LogP contribution >= 0.6 is 0 Å². The van der Waals surface area contributed by atoms with Gasteiger partial charge >= 0.3 is 5.97 Å². The molecular weight excluding hydrogens is 256 g/mol. The van der Waals surface area contributed by atoms with Crippen LogP contribution in [0.2, 0.25) is 0 Å². The first-order chi connectivity index (χ1) is 9.61. The molecule has 0 aliphatic carbocycles. The molecule has 108 valence electrons. The van der Waals surface area contributed by atoms with Crippen LogP contribution in [0.5, 0.6) is 0 Å².